The summed E-state index contributed by atoms with van der Waals surface area (Å²) in [4.78, 5) is 27.3. The molecular formula is C24H24Cl2N2O3. The van der Waals surface area contributed by atoms with E-state index < -0.39 is 5.91 Å². The molecule has 162 valence electrons. The molecular weight excluding hydrogens is 435 g/mol. The molecule has 0 radical (unpaired) electrons. The van der Waals surface area contributed by atoms with Crippen LogP contribution in [0.1, 0.15) is 31.9 Å². The summed E-state index contributed by atoms with van der Waals surface area (Å²) in [5, 5.41) is 0.920. The number of ether oxygens (including phenoxy) is 1. The number of carbonyl (C=O) groups excluding carboxylic acids is 2. The third-order valence-electron chi connectivity index (χ3n) is 4.93. The molecule has 0 aliphatic heterocycles. The van der Waals surface area contributed by atoms with E-state index in [0.717, 1.165) is 22.3 Å². The maximum atomic E-state index is 11.5. The number of nitrogens with zero attached hydrogens (tertiary/aromatic N) is 1. The van der Waals surface area contributed by atoms with E-state index >= 15 is 0 Å². The normalized spacial score (nSPS) is 12.3. The van der Waals surface area contributed by atoms with Gasteiger partial charge in [0.25, 0.3) is 0 Å². The second-order valence-electron chi connectivity index (χ2n) is 7.00. The summed E-state index contributed by atoms with van der Waals surface area (Å²) in [6.07, 6.45) is 0.0514. The fourth-order valence-corrected chi connectivity index (χ4v) is 3.34. The number of amides is 1. The summed E-state index contributed by atoms with van der Waals surface area (Å²) in [5.41, 5.74) is 10.8. The van der Waals surface area contributed by atoms with Gasteiger partial charge in [0.05, 0.1) is 13.5 Å². The molecule has 1 amide bonds. The Labute approximate surface area is 192 Å². The average Bonchev–Trinajstić information content (AvgIpc) is 2.74. The lowest BCUT2D eigenvalue weighted by molar-refractivity contribution is -0.139. The summed E-state index contributed by atoms with van der Waals surface area (Å²) in [5.74, 6) is -0.890. The van der Waals surface area contributed by atoms with Crippen LogP contribution in [0.3, 0.4) is 0 Å². The first-order chi connectivity index (χ1) is 14.5. The molecule has 2 aromatic carbocycles. The molecule has 0 spiro atoms. The van der Waals surface area contributed by atoms with Gasteiger partial charge in [0.15, 0.2) is 0 Å². The zero-order valence-electron chi connectivity index (χ0n) is 17.9. The predicted molar refractivity (Wildman–Crippen MR) is 127 cm³/mol. The number of esters is 1. The number of carbonyl (C=O) groups is 2. The molecule has 5 nitrogen and oxygen atoms in total. The van der Waals surface area contributed by atoms with Crippen LogP contribution in [0.15, 0.2) is 59.2 Å². The lowest BCUT2D eigenvalue weighted by Gasteiger charge is -2.11. The number of halogens is 2. The molecule has 7 heteroatoms. The number of nitrogens with two attached hydrogens (primary N) is 1. The van der Waals surface area contributed by atoms with E-state index in [2.05, 4.69) is 16.3 Å². The van der Waals surface area contributed by atoms with Gasteiger partial charge >= 0.3 is 5.97 Å². The molecule has 0 atom stereocenters. The van der Waals surface area contributed by atoms with Crippen LogP contribution in [-0.2, 0) is 20.7 Å². The third-order valence-corrected chi connectivity index (χ3v) is 5.59. The van der Waals surface area contributed by atoms with Crippen LogP contribution >= 0.6 is 23.2 Å². The summed E-state index contributed by atoms with van der Waals surface area (Å²) < 4.78 is 4.68. The maximum Gasteiger partial charge on any atom is 0.310 e. The van der Waals surface area contributed by atoms with Crippen molar-refractivity contribution in [2.24, 2.45) is 10.7 Å². The van der Waals surface area contributed by atoms with Crippen molar-refractivity contribution in [2.75, 3.05) is 7.11 Å². The molecule has 0 bridgehead atoms. The Bertz CT molecular complexity index is 1100. The number of primary amides is 1. The van der Waals surface area contributed by atoms with Crippen molar-refractivity contribution >= 4 is 46.4 Å². The highest BCUT2D eigenvalue weighted by Gasteiger charge is 2.13. The molecule has 2 aromatic rings. The molecule has 31 heavy (non-hydrogen) atoms. The Kier molecular flexibility index (Phi) is 8.20. The highest BCUT2D eigenvalue weighted by molar-refractivity contribution is 6.36. The van der Waals surface area contributed by atoms with Crippen molar-refractivity contribution in [1.29, 1.82) is 0 Å². The van der Waals surface area contributed by atoms with Gasteiger partial charge in [0.1, 0.15) is 0 Å². The number of aliphatic imine (C=N–C) groups is 1. The van der Waals surface area contributed by atoms with Crippen molar-refractivity contribution in [2.45, 2.75) is 27.2 Å². The summed E-state index contributed by atoms with van der Waals surface area (Å²) in [7, 11) is 1.32. The molecule has 2 rings (SSSR count). The van der Waals surface area contributed by atoms with Crippen LogP contribution in [0.5, 0.6) is 0 Å². The van der Waals surface area contributed by atoms with E-state index in [1.165, 1.54) is 7.11 Å². The van der Waals surface area contributed by atoms with Crippen LogP contribution < -0.4 is 5.73 Å². The Morgan fingerprint density at radius 2 is 1.68 bits per heavy atom. The first-order valence-electron chi connectivity index (χ1n) is 9.42. The zero-order valence-corrected chi connectivity index (χ0v) is 19.4. The van der Waals surface area contributed by atoms with Gasteiger partial charge in [0, 0.05) is 32.6 Å². The van der Waals surface area contributed by atoms with E-state index in [-0.39, 0.29) is 12.4 Å². The van der Waals surface area contributed by atoms with Gasteiger partial charge in [-0.05, 0) is 55.2 Å². The van der Waals surface area contributed by atoms with Crippen molar-refractivity contribution in [3.63, 3.8) is 0 Å². The van der Waals surface area contributed by atoms with Crippen LogP contribution in [0, 0.1) is 0 Å². The summed E-state index contributed by atoms with van der Waals surface area (Å²) in [6, 6.07) is 11.0. The second kappa shape index (κ2) is 10.4. The van der Waals surface area contributed by atoms with E-state index in [1.807, 2.05) is 31.2 Å². The van der Waals surface area contributed by atoms with Gasteiger partial charge in [-0.25, -0.2) is 0 Å². The van der Waals surface area contributed by atoms with Gasteiger partial charge in [-0.2, -0.15) is 0 Å². The van der Waals surface area contributed by atoms with Crippen molar-refractivity contribution in [3.8, 4) is 11.1 Å². The fraction of sp³-hybridized carbons (Fsp3) is 0.208. The minimum Gasteiger partial charge on any atom is -0.469 e. The minimum absolute atomic E-state index is 0.0514. The van der Waals surface area contributed by atoms with Gasteiger partial charge < -0.3 is 10.5 Å². The minimum atomic E-state index is -0.503. The van der Waals surface area contributed by atoms with Gasteiger partial charge in [-0.15, -0.1) is 0 Å². The number of methoxy groups -OCH3 is 1. The molecule has 0 fully saturated rings. The van der Waals surface area contributed by atoms with Crippen molar-refractivity contribution in [1.82, 2.24) is 0 Å². The Morgan fingerprint density at radius 1 is 1.06 bits per heavy atom. The highest BCUT2D eigenvalue weighted by Crippen LogP contribution is 2.34. The predicted octanol–water partition coefficient (Wildman–Crippen LogP) is 5.63. The lowest BCUT2D eigenvalue weighted by atomic mass is 9.98. The quantitative estimate of drug-likeness (QED) is 0.331. The first kappa shape index (κ1) is 24.4. The van der Waals surface area contributed by atoms with Crippen molar-refractivity contribution < 1.29 is 14.3 Å². The number of rotatable bonds is 7. The third kappa shape index (κ3) is 6.06. The lowest BCUT2D eigenvalue weighted by Crippen LogP contribution is -2.13. The van der Waals surface area contributed by atoms with E-state index in [0.29, 0.717) is 32.6 Å². The van der Waals surface area contributed by atoms with Crippen LogP contribution in [0.2, 0.25) is 10.0 Å². The smallest absolute Gasteiger partial charge is 0.310 e. The molecule has 0 heterocycles. The Hall–Kier alpha value is -2.89. The maximum absolute atomic E-state index is 11.5. The van der Waals surface area contributed by atoms with Gasteiger partial charge in [0.2, 0.25) is 5.91 Å². The van der Waals surface area contributed by atoms with Crippen LogP contribution in [0.25, 0.3) is 16.7 Å². The molecule has 0 aromatic heterocycles. The standard InChI is InChI=1S/C24H24Cl2N2O3/c1-13(15(3)28-16(4)14(2)24(27)30)17-6-8-18(9-7-17)20-12-21(25)19(10-22(20)26)11-23(29)31-5/h6-10,12H,1,11H2,2-5H3,(H2,27,30)/b16-14+,28-15?. The molecule has 0 saturated carbocycles. The van der Waals surface area contributed by atoms with E-state index in [1.54, 1.807) is 26.0 Å². The monoisotopic (exact) mass is 458 g/mol. The molecule has 0 aliphatic rings. The van der Waals surface area contributed by atoms with Crippen LogP contribution in [-0.4, -0.2) is 24.7 Å². The SMILES string of the molecule is C=C(C(C)=N/C(C)=C(\C)C(N)=O)c1ccc(-c2cc(Cl)c(CC(=O)OC)cc2Cl)cc1. The number of benzene rings is 2. The second-order valence-corrected chi connectivity index (χ2v) is 7.82. The van der Waals surface area contributed by atoms with E-state index in [4.69, 9.17) is 28.9 Å². The van der Waals surface area contributed by atoms with Crippen molar-refractivity contribution in [3.05, 3.63) is 75.4 Å². The van der Waals surface area contributed by atoms with Gasteiger partial charge in [-0.1, -0.05) is 54.0 Å². The zero-order chi connectivity index (χ0) is 23.3. The largest absolute Gasteiger partial charge is 0.469 e. The highest BCUT2D eigenvalue weighted by atomic mass is 35.5. The molecule has 0 unspecified atom stereocenters. The summed E-state index contributed by atoms with van der Waals surface area (Å²) in [6.45, 7) is 9.29. The van der Waals surface area contributed by atoms with Gasteiger partial charge in [-0.3, -0.25) is 14.6 Å². The fourth-order valence-electron chi connectivity index (χ4n) is 2.81. The topological polar surface area (TPSA) is 81.8 Å². The Morgan fingerprint density at radius 3 is 2.23 bits per heavy atom. The molecule has 0 aliphatic carbocycles. The molecule has 2 N–H and O–H groups in total. The first-order valence-corrected chi connectivity index (χ1v) is 10.2. The average molecular weight is 459 g/mol. The number of hydrogen-bond donors (Lipinski definition) is 1. The Balaban J connectivity index is 2.30. The number of allylic oxidation sites excluding steroid dienone is 2. The number of hydrogen-bond acceptors (Lipinski definition) is 4. The molecule has 0 saturated heterocycles. The van der Waals surface area contributed by atoms with Crippen LogP contribution in [0.4, 0.5) is 0 Å². The summed E-state index contributed by atoms with van der Waals surface area (Å²) >= 11 is 12.8. The van der Waals surface area contributed by atoms with E-state index in [9.17, 15) is 9.59 Å².